The van der Waals surface area contributed by atoms with E-state index in [9.17, 15) is 9.59 Å². The number of hydrogen-bond acceptors (Lipinski definition) is 6. The molecule has 2 aromatic heterocycles. The minimum absolute atomic E-state index is 0.0464. The van der Waals surface area contributed by atoms with Gasteiger partial charge in [-0.25, -0.2) is 0 Å². The average Bonchev–Trinajstić information content (AvgIpc) is 3.25. The van der Waals surface area contributed by atoms with Crippen LogP contribution in [0, 0.1) is 0 Å². The molecule has 2 heterocycles. The monoisotopic (exact) mass is 457 g/mol. The molecular weight excluding hydrogens is 434 g/mol. The fraction of sp³-hybridized carbons (Fsp3) is 0.160. The predicted molar refractivity (Wildman–Crippen MR) is 129 cm³/mol. The molecule has 8 heteroatoms. The molecule has 0 atom stereocenters. The highest BCUT2D eigenvalue weighted by atomic mass is 32.2. The second-order valence-electron chi connectivity index (χ2n) is 7.41. The summed E-state index contributed by atoms with van der Waals surface area (Å²) in [4.78, 5) is 28.3. The lowest BCUT2D eigenvalue weighted by atomic mass is 10.1. The summed E-state index contributed by atoms with van der Waals surface area (Å²) >= 11 is 1.33. The molecule has 4 aromatic rings. The Balaban J connectivity index is 1.48. The van der Waals surface area contributed by atoms with Crippen molar-refractivity contribution >= 4 is 29.1 Å². The topological polar surface area (TPSA) is 89.8 Å². The highest BCUT2D eigenvalue weighted by Gasteiger charge is 2.16. The molecule has 0 aliphatic heterocycles. The Hall–Kier alpha value is -3.78. The van der Waals surface area contributed by atoms with Crippen LogP contribution in [0.15, 0.2) is 84.3 Å². The molecule has 0 aliphatic rings. The Morgan fingerprint density at radius 2 is 1.85 bits per heavy atom. The van der Waals surface area contributed by atoms with Crippen molar-refractivity contribution in [3.63, 3.8) is 0 Å². The molecule has 0 saturated carbocycles. The third-order valence-corrected chi connectivity index (χ3v) is 5.96. The van der Waals surface area contributed by atoms with Gasteiger partial charge in [0.2, 0.25) is 5.91 Å². The molecule has 0 saturated heterocycles. The minimum atomic E-state index is -0.179. The normalized spacial score (nSPS) is 10.7. The number of amides is 1. The van der Waals surface area contributed by atoms with Crippen LogP contribution in [0.25, 0.3) is 11.4 Å². The summed E-state index contributed by atoms with van der Waals surface area (Å²) in [5, 5.41) is 12.2. The number of ketones is 1. The highest BCUT2D eigenvalue weighted by molar-refractivity contribution is 7.99. The quantitative estimate of drug-likeness (QED) is 0.294. The molecular formula is C25H23N5O2S. The second kappa shape index (κ2) is 10.7. The molecule has 0 spiro atoms. The van der Waals surface area contributed by atoms with Crippen molar-refractivity contribution < 1.29 is 9.59 Å². The standard InChI is InChI=1S/C25H23N5O2S/c1-18(31)20-9-5-11-22(15-20)27-23(32)17-33-25-29-28-24(21-10-6-13-26-16-21)30(25)14-12-19-7-3-2-4-8-19/h2-11,13,15-16H,12,14,17H2,1H3,(H,27,32). The molecule has 33 heavy (non-hydrogen) atoms. The van der Waals surface area contributed by atoms with Gasteiger partial charge in [0.1, 0.15) is 0 Å². The summed E-state index contributed by atoms with van der Waals surface area (Å²) in [5.41, 5.74) is 3.23. The maximum absolute atomic E-state index is 12.6. The molecule has 7 nitrogen and oxygen atoms in total. The van der Waals surface area contributed by atoms with Crippen LogP contribution < -0.4 is 5.32 Å². The summed E-state index contributed by atoms with van der Waals surface area (Å²) in [6.45, 7) is 2.17. The molecule has 0 unspecified atom stereocenters. The fourth-order valence-corrected chi connectivity index (χ4v) is 4.10. The lowest BCUT2D eigenvalue weighted by molar-refractivity contribution is -0.113. The maximum Gasteiger partial charge on any atom is 0.234 e. The van der Waals surface area contributed by atoms with E-state index >= 15 is 0 Å². The second-order valence-corrected chi connectivity index (χ2v) is 8.35. The largest absolute Gasteiger partial charge is 0.325 e. The molecule has 1 amide bonds. The number of thioether (sulfide) groups is 1. The van der Waals surface area contributed by atoms with E-state index in [1.54, 1.807) is 36.7 Å². The number of rotatable bonds is 9. The fourth-order valence-electron chi connectivity index (χ4n) is 3.33. The van der Waals surface area contributed by atoms with Gasteiger partial charge in [-0.05, 0) is 43.2 Å². The molecule has 0 radical (unpaired) electrons. The van der Waals surface area contributed by atoms with Crippen molar-refractivity contribution in [2.75, 3.05) is 11.1 Å². The van der Waals surface area contributed by atoms with Gasteiger partial charge in [-0.1, -0.05) is 54.2 Å². The van der Waals surface area contributed by atoms with E-state index in [4.69, 9.17) is 0 Å². The van der Waals surface area contributed by atoms with Crippen LogP contribution >= 0.6 is 11.8 Å². The van der Waals surface area contributed by atoms with Crippen molar-refractivity contribution in [3.05, 3.63) is 90.3 Å². The van der Waals surface area contributed by atoms with Crippen LogP contribution in [-0.4, -0.2) is 37.2 Å². The Kier molecular flexibility index (Phi) is 7.26. The summed E-state index contributed by atoms with van der Waals surface area (Å²) < 4.78 is 2.03. The first kappa shape index (κ1) is 22.4. The van der Waals surface area contributed by atoms with Crippen molar-refractivity contribution in [1.82, 2.24) is 19.7 Å². The number of aromatic nitrogens is 4. The van der Waals surface area contributed by atoms with E-state index in [2.05, 4.69) is 32.6 Å². The van der Waals surface area contributed by atoms with Crippen LogP contribution in [0.1, 0.15) is 22.8 Å². The molecule has 166 valence electrons. The van der Waals surface area contributed by atoms with E-state index in [1.807, 2.05) is 34.9 Å². The number of hydrogen-bond donors (Lipinski definition) is 1. The number of benzene rings is 2. The first-order valence-electron chi connectivity index (χ1n) is 10.5. The van der Waals surface area contributed by atoms with Gasteiger partial charge in [0.15, 0.2) is 16.8 Å². The lowest BCUT2D eigenvalue weighted by Crippen LogP contribution is -2.15. The van der Waals surface area contributed by atoms with E-state index in [0.717, 1.165) is 17.8 Å². The Morgan fingerprint density at radius 1 is 1.00 bits per heavy atom. The number of nitrogens with zero attached hydrogens (tertiary/aromatic N) is 4. The van der Waals surface area contributed by atoms with E-state index in [-0.39, 0.29) is 17.4 Å². The third-order valence-electron chi connectivity index (χ3n) is 4.99. The van der Waals surface area contributed by atoms with Crippen LogP contribution in [0.2, 0.25) is 0 Å². The van der Waals surface area contributed by atoms with Gasteiger partial charge in [0.05, 0.1) is 5.75 Å². The van der Waals surface area contributed by atoms with Gasteiger partial charge < -0.3 is 9.88 Å². The molecule has 2 aromatic carbocycles. The molecule has 0 fully saturated rings. The van der Waals surface area contributed by atoms with E-state index < -0.39 is 0 Å². The number of nitrogens with one attached hydrogen (secondary N) is 1. The summed E-state index contributed by atoms with van der Waals surface area (Å²) in [6.07, 6.45) is 4.28. The van der Waals surface area contributed by atoms with Crippen LogP contribution in [0.4, 0.5) is 5.69 Å². The molecule has 0 bridgehead atoms. The number of aryl methyl sites for hydroxylation is 1. The first-order valence-corrected chi connectivity index (χ1v) is 11.5. The Bertz CT molecular complexity index is 1240. The zero-order chi connectivity index (χ0) is 23.0. The number of Topliss-reactive ketones (excluding diaryl/α,β-unsaturated/α-hetero) is 1. The minimum Gasteiger partial charge on any atom is -0.325 e. The average molecular weight is 458 g/mol. The SMILES string of the molecule is CC(=O)c1cccc(NC(=O)CSc2nnc(-c3cccnc3)n2CCc2ccccc2)c1. The van der Waals surface area contributed by atoms with Crippen molar-refractivity contribution in [3.8, 4) is 11.4 Å². The highest BCUT2D eigenvalue weighted by Crippen LogP contribution is 2.24. The predicted octanol–water partition coefficient (Wildman–Crippen LogP) is 4.52. The third kappa shape index (κ3) is 5.93. The Morgan fingerprint density at radius 3 is 2.61 bits per heavy atom. The smallest absolute Gasteiger partial charge is 0.234 e. The van der Waals surface area contributed by atoms with E-state index in [0.29, 0.717) is 23.0 Å². The molecule has 0 aliphatic carbocycles. The number of carbonyl (C=O) groups is 2. The van der Waals surface area contributed by atoms with Crippen molar-refractivity contribution in [1.29, 1.82) is 0 Å². The number of pyridine rings is 1. The number of anilines is 1. The molecule has 4 rings (SSSR count). The van der Waals surface area contributed by atoms with Crippen molar-refractivity contribution in [2.45, 2.75) is 25.0 Å². The zero-order valence-corrected chi connectivity index (χ0v) is 19.0. The number of carbonyl (C=O) groups excluding carboxylic acids is 2. The van der Waals surface area contributed by atoms with Crippen molar-refractivity contribution in [2.24, 2.45) is 0 Å². The zero-order valence-electron chi connectivity index (χ0n) is 18.1. The summed E-state index contributed by atoms with van der Waals surface area (Å²) in [7, 11) is 0. The van der Waals surface area contributed by atoms with Crippen LogP contribution in [0.5, 0.6) is 0 Å². The lowest BCUT2D eigenvalue weighted by Gasteiger charge is -2.11. The maximum atomic E-state index is 12.6. The Labute approximate surface area is 196 Å². The molecule has 1 N–H and O–H groups in total. The first-order chi connectivity index (χ1) is 16.1. The van der Waals surface area contributed by atoms with Gasteiger partial charge >= 0.3 is 0 Å². The van der Waals surface area contributed by atoms with Crippen LogP contribution in [-0.2, 0) is 17.8 Å². The van der Waals surface area contributed by atoms with Gasteiger partial charge in [-0.15, -0.1) is 10.2 Å². The van der Waals surface area contributed by atoms with E-state index in [1.165, 1.54) is 24.2 Å². The summed E-state index contributed by atoms with van der Waals surface area (Å²) in [5.74, 6) is 0.660. The summed E-state index contributed by atoms with van der Waals surface area (Å²) in [6, 6.07) is 20.9. The van der Waals surface area contributed by atoms with Gasteiger partial charge in [0.25, 0.3) is 0 Å². The van der Waals surface area contributed by atoms with Gasteiger partial charge in [-0.2, -0.15) is 0 Å². The van der Waals surface area contributed by atoms with Gasteiger partial charge in [-0.3, -0.25) is 14.6 Å². The van der Waals surface area contributed by atoms with Crippen LogP contribution in [0.3, 0.4) is 0 Å². The van der Waals surface area contributed by atoms with Gasteiger partial charge in [0, 0.05) is 35.8 Å².